The van der Waals surface area contributed by atoms with Gasteiger partial charge in [0.2, 0.25) is 5.91 Å². The number of carbonyl (C=O) groups is 1. The normalized spacial score (nSPS) is 12.5. The van der Waals surface area contributed by atoms with Crippen molar-refractivity contribution in [3.05, 3.63) is 90.9 Å². The van der Waals surface area contributed by atoms with Crippen LogP contribution in [0.15, 0.2) is 89.8 Å². The molecule has 3 aromatic rings. The molecule has 0 spiro atoms. The summed E-state index contributed by atoms with van der Waals surface area (Å²) in [6.07, 6.45) is 11.3. The Hall–Kier alpha value is -4.00. The molecule has 0 bridgehead atoms. The summed E-state index contributed by atoms with van der Waals surface area (Å²) in [5.41, 5.74) is 4.10. The summed E-state index contributed by atoms with van der Waals surface area (Å²) < 4.78 is 18.9. The average Bonchev–Trinajstić information content (AvgIpc) is 3.27. The number of pyridine rings is 1. The van der Waals surface area contributed by atoms with E-state index in [9.17, 15) is 9.18 Å². The van der Waals surface area contributed by atoms with Crippen LogP contribution in [0.4, 0.5) is 21.8 Å². The molecule has 33 heavy (non-hydrogen) atoms. The molecule has 7 heteroatoms. The van der Waals surface area contributed by atoms with Crippen LogP contribution in [0.3, 0.4) is 0 Å². The van der Waals surface area contributed by atoms with Gasteiger partial charge in [-0.25, -0.2) is 9.37 Å². The highest BCUT2D eigenvalue weighted by Gasteiger charge is 2.10. The average molecular weight is 447 g/mol. The van der Waals surface area contributed by atoms with Gasteiger partial charge >= 0.3 is 0 Å². The molecular weight excluding hydrogens is 419 g/mol. The Morgan fingerprint density at radius 3 is 2.76 bits per heavy atom. The predicted octanol–water partition coefficient (Wildman–Crippen LogP) is 6.53. The van der Waals surface area contributed by atoms with Crippen LogP contribution in [0, 0.1) is 6.92 Å². The maximum absolute atomic E-state index is 13.1. The van der Waals surface area contributed by atoms with Gasteiger partial charge in [0, 0.05) is 35.8 Å². The summed E-state index contributed by atoms with van der Waals surface area (Å²) in [5, 5.41) is 6.06. The summed E-state index contributed by atoms with van der Waals surface area (Å²) in [5.74, 6) is 0.485. The van der Waals surface area contributed by atoms with Crippen LogP contribution < -0.4 is 10.6 Å². The molecule has 6 nitrogen and oxygen atoms in total. The number of oxazole rings is 1. The minimum atomic E-state index is -1.05. The molecule has 0 saturated carbocycles. The standard InChI is InChI=1S/C26H27FN4O2/c1-4-5-20(8-7-19(3)27)9-11-25(32)30-22-10-6-18(2)23(16-22)31-26-29-17-24(33-26)21-12-14-28-15-13-21/h4-8,10,12-17,19H,1,9,11H2,2-3H3,(H,29,31)(H,30,32)/b8-7-,20-5+. The summed E-state index contributed by atoms with van der Waals surface area (Å²) in [4.78, 5) is 20.7. The smallest absolute Gasteiger partial charge is 0.299 e. The van der Waals surface area contributed by atoms with Crippen LogP contribution in [0.5, 0.6) is 0 Å². The summed E-state index contributed by atoms with van der Waals surface area (Å²) >= 11 is 0. The third-order valence-corrected chi connectivity index (χ3v) is 4.78. The number of aryl methyl sites for hydroxylation is 1. The second-order valence-electron chi connectivity index (χ2n) is 7.48. The van der Waals surface area contributed by atoms with Crippen LogP contribution in [-0.2, 0) is 4.79 Å². The lowest BCUT2D eigenvalue weighted by Gasteiger charge is -2.11. The molecule has 2 heterocycles. The number of halogens is 1. The fraction of sp³-hybridized carbons (Fsp3) is 0.192. The molecule has 2 aromatic heterocycles. The van der Waals surface area contributed by atoms with Crippen molar-refractivity contribution < 1.29 is 13.6 Å². The number of hydrogen-bond donors (Lipinski definition) is 2. The topological polar surface area (TPSA) is 80.0 Å². The monoisotopic (exact) mass is 446 g/mol. The Morgan fingerprint density at radius 2 is 2.03 bits per heavy atom. The van der Waals surface area contributed by atoms with Gasteiger partial charge in [-0.15, -0.1) is 0 Å². The van der Waals surface area contributed by atoms with Crippen molar-refractivity contribution in [1.29, 1.82) is 0 Å². The largest absolute Gasteiger partial charge is 0.423 e. The van der Waals surface area contributed by atoms with Gasteiger partial charge < -0.3 is 15.1 Å². The summed E-state index contributed by atoms with van der Waals surface area (Å²) in [7, 11) is 0. The van der Waals surface area contributed by atoms with Gasteiger partial charge in [0.1, 0.15) is 6.17 Å². The molecule has 0 saturated heterocycles. The molecule has 1 amide bonds. The van der Waals surface area contributed by atoms with Gasteiger partial charge in [-0.3, -0.25) is 9.78 Å². The number of alkyl halides is 1. The first-order valence-electron chi connectivity index (χ1n) is 10.6. The molecule has 0 aliphatic carbocycles. The third kappa shape index (κ3) is 7.28. The number of aromatic nitrogens is 2. The molecule has 0 aliphatic heterocycles. The van der Waals surface area contributed by atoms with Crippen molar-refractivity contribution in [2.75, 3.05) is 10.6 Å². The Labute approximate surface area is 193 Å². The zero-order valence-electron chi connectivity index (χ0n) is 18.7. The number of nitrogens with zero attached hydrogens (tertiary/aromatic N) is 2. The second kappa shape index (κ2) is 11.6. The molecule has 0 radical (unpaired) electrons. The molecule has 1 unspecified atom stereocenters. The number of benzene rings is 1. The highest BCUT2D eigenvalue weighted by atomic mass is 19.1. The highest BCUT2D eigenvalue weighted by Crippen LogP contribution is 2.27. The Bertz CT molecular complexity index is 1150. The molecule has 170 valence electrons. The SMILES string of the molecule is C=C/C=C(\C=C/C(C)F)CCC(=O)Nc1ccc(C)c(Nc2ncc(-c3ccncc3)o2)c1. The zero-order valence-corrected chi connectivity index (χ0v) is 18.7. The lowest BCUT2D eigenvalue weighted by atomic mass is 10.1. The second-order valence-corrected chi connectivity index (χ2v) is 7.48. The van der Waals surface area contributed by atoms with Crippen LogP contribution in [0.25, 0.3) is 11.3 Å². The maximum Gasteiger partial charge on any atom is 0.299 e. The van der Waals surface area contributed by atoms with E-state index in [2.05, 4.69) is 27.2 Å². The highest BCUT2D eigenvalue weighted by molar-refractivity contribution is 5.91. The number of allylic oxidation sites excluding steroid dienone is 5. The van der Waals surface area contributed by atoms with Gasteiger partial charge in [0.05, 0.1) is 6.20 Å². The first kappa shape index (κ1) is 23.7. The Morgan fingerprint density at radius 1 is 1.24 bits per heavy atom. The first-order chi connectivity index (χ1) is 15.9. The van der Waals surface area contributed by atoms with Gasteiger partial charge in [-0.2, -0.15) is 0 Å². The number of amides is 1. The number of anilines is 3. The van der Waals surface area contributed by atoms with E-state index in [0.29, 0.717) is 23.9 Å². The number of nitrogens with one attached hydrogen (secondary N) is 2. The first-order valence-corrected chi connectivity index (χ1v) is 10.6. The van der Waals surface area contributed by atoms with Crippen LogP contribution in [0.1, 0.15) is 25.3 Å². The van der Waals surface area contributed by atoms with E-state index in [4.69, 9.17) is 4.42 Å². The molecule has 1 aromatic carbocycles. The van der Waals surface area contributed by atoms with E-state index in [0.717, 1.165) is 22.4 Å². The molecule has 2 N–H and O–H groups in total. The van der Waals surface area contributed by atoms with Crippen molar-refractivity contribution in [1.82, 2.24) is 9.97 Å². The number of carbonyl (C=O) groups excluding carboxylic acids is 1. The van der Waals surface area contributed by atoms with Crippen LogP contribution in [0.2, 0.25) is 0 Å². The fourth-order valence-electron chi connectivity index (χ4n) is 3.04. The van der Waals surface area contributed by atoms with Crippen LogP contribution >= 0.6 is 0 Å². The Balaban J connectivity index is 1.63. The molecule has 1 atom stereocenters. The Kier molecular flexibility index (Phi) is 8.30. The van der Waals surface area contributed by atoms with E-state index in [1.54, 1.807) is 36.8 Å². The zero-order chi connectivity index (χ0) is 23.6. The number of rotatable bonds is 10. The van der Waals surface area contributed by atoms with Gasteiger partial charge in [-0.1, -0.05) is 36.9 Å². The van der Waals surface area contributed by atoms with E-state index < -0.39 is 6.17 Å². The van der Waals surface area contributed by atoms with E-state index >= 15 is 0 Å². The summed E-state index contributed by atoms with van der Waals surface area (Å²) in [6.45, 7) is 7.07. The molecule has 0 aliphatic rings. The summed E-state index contributed by atoms with van der Waals surface area (Å²) in [6, 6.07) is 9.60. The lowest BCUT2D eigenvalue weighted by Crippen LogP contribution is -2.11. The van der Waals surface area contributed by atoms with E-state index in [1.165, 1.54) is 13.0 Å². The van der Waals surface area contributed by atoms with Crippen molar-refractivity contribution in [3.8, 4) is 11.3 Å². The van der Waals surface area contributed by atoms with Crippen molar-refractivity contribution in [2.45, 2.75) is 32.9 Å². The minimum Gasteiger partial charge on any atom is -0.423 e. The van der Waals surface area contributed by atoms with Crippen molar-refractivity contribution >= 4 is 23.3 Å². The number of hydrogen-bond acceptors (Lipinski definition) is 5. The van der Waals surface area contributed by atoms with Crippen molar-refractivity contribution in [3.63, 3.8) is 0 Å². The predicted molar refractivity (Wildman–Crippen MR) is 130 cm³/mol. The van der Waals surface area contributed by atoms with E-state index in [1.807, 2.05) is 37.3 Å². The van der Waals surface area contributed by atoms with Crippen LogP contribution in [-0.4, -0.2) is 22.0 Å². The third-order valence-electron chi connectivity index (χ3n) is 4.78. The van der Waals surface area contributed by atoms with E-state index in [-0.39, 0.29) is 12.3 Å². The minimum absolute atomic E-state index is 0.141. The quantitative estimate of drug-likeness (QED) is 0.346. The maximum atomic E-state index is 13.1. The van der Waals surface area contributed by atoms with Gasteiger partial charge in [0.15, 0.2) is 5.76 Å². The lowest BCUT2D eigenvalue weighted by molar-refractivity contribution is -0.116. The van der Waals surface area contributed by atoms with Gasteiger partial charge in [-0.05, 0) is 55.7 Å². The van der Waals surface area contributed by atoms with Gasteiger partial charge in [0.25, 0.3) is 6.01 Å². The fourth-order valence-corrected chi connectivity index (χ4v) is 3.04. The molecule has 0 fully saturated rings. The van der Waals surface area contributed by atoms with Crippen molar-refractivity contribution in [2.24, 2.45) is 0 Å². The molecular formula is C26H27FN4O2. The molecule has 3 rings (SSSR count).